The van der Waals surface area contributed by atoms with Crippen LogP contribution in [0, 0.1) is 5.82 Å². The molecular formula is C11H11FO2S. The summed E-state index contributed by atoms with van der Waals surface area (Å²) in [6, 6.07) is 5.03. The Bertz CT molecular complexity index is 392. The molecule has 2 rings (SSSR count). The molecule has 0 amide bonds. The second-order valence-electron chi connectivity index (χ2n) is 3.59. The van der Waals surface area contributed by atoms with Crippen LogP contribution in [0.3, 0.4) is 0 Å². The first-order valence-corrected chi connectivity index (χ1v) is 5.80. The molecule has 0 spiro atoms. The first-order valence-electron chi connectivity index (χ1n) is 4.81. The number of carboxylic acid groups (broad SMARTS) is 1. The Morgan fingerprint density at radius 3 is 3.13 bits per heavy atom. The van der Waals surface area contributed by atoms with Gasteiger partial charge in [-0.15, -0.1) is 11.8 Å². The Hall–Kier alpha value is -1.03. The lowest BCUT2D eigenvalue weighted by atomic mass is 9.96. The molecule has 0 saturated carbocycles. The van der Waals surface area contributed by atoms with E-state index >= 15 is 0 Å². The van der Waals surface area contributed by atoms with Crippen LogP contribution in [-0.4, -0.2) is 16.8 Å². The second kappa shape index (κ2) is 4.23. The van der Waals surface area contributed by atoms with Crippen molar-refractivity contribution in [2.24, 2.45) is 0 Å². The van der Waals surface area contributed by atoms with E-state index in [9.17, 15) is 9.18 Å². The minimum atomic E-state index is -0.815. The van der Waals surface area contributed by atoms with Crippen LogP contribution in [0.25, 0.3) is 0 Å². The first kappa shape index (κ1) is 10.5. The van der Waals surface area contributed by atoms with Crippen molar-refractivity contribution in [2.75, 3.05) is 5.75 Å². The molecule has 1 N–H and O–H groups in total. The van der Waals surface area contributed by atoms with E-state index in [1.807, 2.05) is 6.07 Å². The average Bonchev–Trinajstić information content (AvgIpc) is 2.59. The summed E-state index contributed by atoms with van der Waals surface area (Å²) in [5, 5.41) is 8.59. The number of halogens is 1. The van der Waals surface area contributed by atoms with E-state index in [1.165, 1.54) is 6.07 Å². The predicted octanol–water partition coefficient (Wildman–Crippen LogP) is 2.88. The van der Waals surface area contributed by atoms with Gasteiger partial charge in [0.15, 0.2) is 0 Å². The van der Waals surface area contributed by atoms with Crippen LogP contribution in [-0.2, 0) is 4.79 Å². The van der Waals surface area contributed by atoms with Crippen molar-refractivity contribution in [1.29, 1.82) is 0 Å². The van der Waals surface area contributed by atoms with Gasteiger partial charge in [-0.1, -0.05) is 6.07 Å². The van der Waals surface area contributed by atoms with Gasteiger partial charge in [0.25, 0.3) is 0 Å². The Morgan fingerprint density at radius 1 is 1.60 bits per heavy atom. The highest BCUT2D eigenvalue weighted by molar-refractivity contribution is 7.99. The first-order chi connectivity index (χ1) is 7.18. The maximum Gasteiger partial charge on any atom is 0.303 e. The van der Waals surface area contributed by atoms with Gasteiger partial charge in [-0.25, -0.2) is 4.39 Å². The molecule has 80 valence electrons. The van der Waals surface area contributed by atoms with Gasteiger partial charge >= 0.3 is 5.97 Å². The average molecular weight is 226 g/mol. The van der Waals surface area contributed by atoms with E-state index < -0.39 is 5.97 Å². The maximum atomic E-state index is 13.5. The smallest absolute Gasteiger partial charge is 0.303 e. The molecule has 1 atom stereocenters. The van der Waals surface area contributed by atoms with Gasteiger partial charge in [0, 0.05) is 22.6 Å². The number of carboxylic acids is 1. The number of hydrogen-bond donors (Lipinski definition) is 1. The highest BCUT2D eigenvalue weighted by Crippen LogP contribution is 2.42. The lowest BCUT2D eigenvalue weighted by molar-refractivity contribution is -0.137. The predicted molar refractivity (Wildman–Crippen MR) is 56.7 cm³/mol. The third-order valence-corrected chi connectivity index (χ3v) is 3.80. The molecule has 1 aromatic rings. The molecule has 0 aromatic heterocycles. The van der Waals surface area contributed by atoms with Crippen molar-refractivity contribution in [3.63, 3.8) is 0 Å². The topological polar surface area (TPSA) is 37.3 Å². The Kier molecular flexibility index (Phi) is 2.95. The lowest BCUT2D eigenvalue weighted by Gasteiger charge is -2.09. The summed E-state index contributed by atoms with van der Waals surface area (Å²) in [6.45, 7) is 0. The molecular weight excluding hydrogens is 215 g/mol. The fourth-order valence-corrected chi connectivity index (χ4v) is 3.15. The number of aliphatic carboxylic acids is 1. The molecule has 1 aliphatic rings. The highest BCUT2D eigenvalue weighted by Gasteiger charge is 2.26. The molecule has 0 saturated heterocycles. The van der Waals surface area contributed by atoms with Crippen molar-refractivity contribution in [2.45, 2.75) is 23.7 Å². The van der Waals surface area contributed by atoms with Crippen LogP contribution < -0.4 is 0 Å². The van der Waals surface area contributed by atoms with Crippen LogP contribution in [0.2, 0.25) is 0 Å². The van der Waals surface area contributed by atoms with Crippen LogP contribution >= 0.6 is 11.8 Å². The summed E-state index contributed by atoms with van der Waals surface area (Å²) >= 11 is 1.61. The number of rotatable bonds is 3. The lowest BCUT2D eigenvalue weighted by Crippen LogP contribution is -2.04. The molecule has 1 heterocycles. The Morgan fingerprint density at radius 2 is 2.40 bits per heavy atom. The molecule has 1 aliphatic heterocycles. The summed E-state index contributed by atoms with van der Waals surface area (Å²) in [6.07, 6.45) is 0.634. The van der Waals surface area contributed by atoms with Gasteiger partial charge < -0.3 is 5.11 Å². The normalized spacial score (nSPS) is 18.9. The Labute approximate surface area is 91.5 Å². The summed E-state index contributed by atoms with van der Waals surface area (Å²) in [5.41, 5.74) is 0.712. The van der Waals surface area contributed by atoms with Crippen LogP contribution in [0.5, 0.6) is 0 Å². The quantitative estimate of drug-likeness (QED) is 0.861. The number of carbonyl (C=O) groups is 1. The van der Waals surface area contributed by atoms with Crippen molar-refractivity contribution >= 4 is 17.7 Å². The molecule has 0 aliphatic carbocycles. The number of fused-ring (bicyclic) bond motifs is 1. The zero-order valence-corrected chi connectivity index (χ0v) is 8.89. The summed E-state index contributed by atoms with van der Waals surface area (Å²) < 4.78 is 13.5. The highest BCUT2D eigenvalue weighted by atomic mass is 32.2. The largest absolute Gasteiger partial charge is 0.481 e. The number of hydrogen-bond acceptors (Lipinski definition) is 2. The summed E-state index contributed by atoms with van der Waals surface area (Å²) in [5.74, 6) is -0.163. The van der Waals surface area contributed by atoms with Crippen molar-refractivity contribution in [3.8, 4) is 0 Å². The summed E-state index contributed by atoms with van der Waals surface area (Å²) in [7, 11) is 0. The molecule has 1 aromatic carbocycles. The Balaban J connectivity index is 2.17. The molecule has 0 fully saturated rings. The van der Waals surface area contributed by atoms with E-state index in [2.05, 4.69) is 0 Å². The maximum absolute atomic E-state index is 13.5. The van der Waals surface area contributed by atoms with E-state index in [0.29, 0.717) is 12.0 Å². The molecule has 15 heavy (non-hydrogen) atoms. The van der Waals surface area contributed by atoms with Crippen LogP contribution in [0.1, 0.15) is 24.3 Å². The van der Waals surface area contributed by atoms with E-state index in [0.717, 1.165) is 10.6 Å². The van der Waals surface area contributed by atoms with Crippen molar-refractivity contribution in [1.82, 2.24) is 0 Å². The van der Waals surface area contributed by atoms with Gasteiger partial charge in [-0.3, -0.25) is 4.79 Å². The van der Waals surface area contributed by atoms with Gasteiger partial charge in [0.1, 0.15) is 5.82 Å². The molecule has 0 radical (unpaired) electrons. The van der Waals surface area contributed by atoms with E-state index in [4.69, 9.17) is 5.11 Å². The monoisotopic (exact) mass is 226 g/mol. The van der Waals surface area contributed by atoms with Gasteiger partial charge in [-0.2, -0.15) is 0 Å². The standard InChI is InChI=1S/C11H11FO2S/c12-8-2-1-3-9-11(8)7(6-15-9)4-5-10(13)14/h1-3,7H,4-6H2,(H,13,14). The van der Waals surface area contributed by atoms with Crippen molar-refractivity contribution in [3.05, 3.63) is 29.6 Å². The third-order valence-electron chi connectivity index (χ3n) is 2.57. The SMILES string of the molecule is O=C(O)CCC1CSc2cccc(F)c21. The molecule has 2 nitrogen and oxygen atoms in total. The minimum absolute atomic E-state index is 0.0577. The number of thioether (sulfide) groups is 1. The molecule has 4 heteroatoms. The van der Waals surface area contributed by atoms with Gasteiger partial charge in [0.2, 0.25) is 0 Å². The summed E-state index contributed by atoms with van der Waals surface area (Å²) in [4.78, 5) is 11.4. The fraction of sp³-hybridized carbons (Fsp3) is 0.364. The molecule has 0 bridgehead atoms. The van der Waals surface area contributed by atoms with Crippen LogP contribution in [0.4, 0.5) is 4.39 Å². The third kappa shape index (κ3) is 2.15. The zero-order valence-electron chi connectivity index (χ0n) is 8.07. The minimum Gasteiger partial charge on any atom is -0.481 e. The fourth-order valence-electron chi connectivity index (χ4n) is 1.84. The van der Waals surface area contributed by atoms with Gasteiger partial charge in [-0.05, 0) is 24.5 Å². The van der Waals surface area contributed by atoms with Gasteiger partial charge in [0.05, 0.1) is 0 Å². The second-order valence-corrected chi connectivity index (χ2v) is 4.65. The van der Waals surface area contributed by atoms with E-state index in [-0.39, 0.29) is 18.2 Å². The van der Waals surface area contributed by atoms with Crippen LogP contribution in [0.15, 0.2) is 23.1 Å². The molecule has 1 unspecified atom stereocenters. The van der Waals surface area contributed by atoms with E-state index in [1.54, 1.807) is 17.8 Å². The van der Waals surface area contributed by atoms with Crippen molar-refractivity contribution < 1.29 is 14.3 Å². The zero-order chi connectivity index (χ0) is 10.8. The number of benzene rings is 1.